The van der Waals surface area contributed by atoms with Crippen molar-refractivity contribution in [3.63, 3.8) is 0 Å². The molecule has 3 heteroatoms. The quantitative estimate of drug-likeness (QED) is 0.794. The molecule has 1 spiro atoms. The lowest BCUT2D eigenvalue weighted by molar-refractivity contribution is 0.0701. The molecule has 0 bridgehead atoms. The highest BCUT2D eigenvalue weighted by atomic mass is 19.1. The van der Waals surface area contributed by atoms with Crippen LogP contribution >= 0.6 is 0 Å². The second-order valence-electron chi connectivity index (χ2n) is 5.47. The molecule has 1 saturated carbocycles. The van der Waals surface area contributed by atoms with Gasteiger partial charge in [-0.1, -0.05) is 26.2 Å². The molecule has 0 radical (unpaired) electrons. The Balaban J connectivity index is 1.96. The molecule has 1 unspecified atom stereocenters. The van der Waals surface area contributed by atoms with Gasteiger partial charge in [-0.05, 0) is 19.3 Å². The summed E-state index contributed by atoms with van der Waals surface area (Å²) in [4.78, 5) is 2.39. The minimum Gasteiger partial charge on any atom is -0.308 e. The van der Waals surface area contributed by atoms with E-state index in [0.717, 1.165) is 13.1 Å². The Labute approximate surface area is 98.6 Å². The van der Waals surface area contributed by atoms with Crippen LogP contribution in [0.2, 0.25) is 0 Å². The predicted octanol–water partition coefficient (Wildman–Crippen LogP) is 2.34. The molecule has 0 aromatic carbocycles. The highest BCUT2D eigenvalue weighted by Gasteiger charge is 2.40. The lowest BCUT2D eigenvalue weighted by Gasteiger charge is -2.46. The summed E-state index contributed by atoms with van der Waals surface area (Å²) in [6, 6.07) is 0.562. The molecule has 0 aromatic rings. The maximum absolute atomic E-state index is 12.6. The molecule has 2 nitrogen and oxygen atoms in total. The van der Waals surface area contributed by atoms with Crippen LogP contribution in [-0.4, -0.2) is 42.8 Å². The van der Waals surface area contributed by atoms with Gasteiger partial charge in [0.25, 0.3) is 0 Å². The van der Waals surface area contributed by atoms with Crippen molar-refractivity contribution in [3.05, 3.63) is 0 Å². The van der Waals surface area contributed by atoms with E-state index in [9.17, 15) is 4.39 Å². The first-order chi connectivity index (χ1) is 7.79. The van der Waals surface area contributed by atoms with Crippen molar-refractivity contribution in [2.75, 3.05) is 26.3 Å². The Morgan fingerprint density at radius 1 is 1.38 bits per heavy atom. The van der Waals surface area contributed by atoms with Gasteiger partial charge in [-0.25, -0.2) is 4.39 Å². The molecule has 1 N–H and O–H groups in total. The van der Waals surface area contributed by atoms with Gasteiger partial charge in [0.1, 0.15) is 6.67 Å². The lowest BCUT2D eigenvalue weighted by Crippen LogP contribution is -2.63. The third-order valence-electron chi connectivity index (χ3n) is 4.29. The third-order valence-corrected chi connectivity index (χ3v) is 4.29. The van der Waals surface area contributed by atoms with Crippen molar-refractivity contribution in [3.8, 4) is 0 Å². The summed E-state index contributed by atoms with van der Waals surface area (Å²) in [7, 11) is 0. The van der Waals surface area contributed by atoms with Gasteiger partial charge in [-0.3, -0.25) is 4.90 Å². The van der Waals surface area contributed by atoms with Crippen molar-refractivity contribution in [2.45, 2.75) is 57.0 Å². The second kappa shape index (κ2) is 5.46. The standard InChI is InChI=1S/C13H25FN2/c1-2-5-12-10-15-13(6-3-4-7-13)11-16(12)9-8-14/h12,15H,2-11H2,1H3. The SMILES string of the molecule is CCCC1CNC2(CCCC2)CN1CCF. The zero-order valence-corrected chi connectivity index (χ0v) is 10.5. The van der Waals surface area contributed by atoms with E-state index in [1.165, 1.54) is 38.5 Å². The summed E-state index contributed by atoms with van der Waals surface area (Å²) in [5.41, 5.74) is 0.333. The Kier molecular flexibility index (Phi) is 4.20. The molecule has 2 aliphatic rings. The van der Waals surface area contributed by atoms with Gasteiger partial charge >= 0.3 is 0 Å². The summed E-state index contributed by atoms with van der Waals surface area (Å²) in [6.07, 6.45) is 7.65. The minimum atomic E-state index is -0.198. The minimum absolute atomic E-state index is 0.198. The molecule has 0 amide bonds. The molecule has 16 heavy (non-hydrogen) atoms. The van der Waals surface area contributed by atoms with Gasteiger partial charge in [0.2, 0.25) is 0 Å². The van der Waals surface area contributed by atoms with E-state index < -0.39 is 0 Å². The van der Waals surface area contributed by atoms with Crippen LogP contribution < -0.4 is 5.32 Å². The number of hydrogen-bond donors (Lipinski definition) is 1. The largest absolute Gasteiger partial charge is 0.308 e. The summed E-state index contributed by atoms with van der Waals surface area (Å²) in [6.45, 7) is 4.79. The van der Waals surface area contributed by atoms with Crippen LogP contribution in [0.1, 0.15) is 45.4 Å². The molecule has 1 aliphatic heterocycles. The van der Waals surface area contributed by atoms with Gasteiger partial charge in [0, 0.05) is 31.2 Å². The van der Waals surface area contributed by atoms with E-state index in [2.05, 4.69) is 17.1 Å². The molecule has 1 heterocycles. The summed E-state index contributed by atoms with van der Waals surface area (Å²) in [5.74, 6) is 0. The molecule has 94 valence electrons. The Morgan fingerprint density at radius 2 is 2.12 bits per heavy atom. The van der Waals surface area contributed by atoms with Crippen LogP contribution in [0.15, 0.2) is 0 Å². The van der Waals surface area contributed by atoms with Crippen LogP contribution in [0.3, 0.4) is 0 Å². The molecule has 0 aromatic heterocycles. The lowest BCUT2D eigenvalue weighted by atomic mass is 9.91. The average molecular weight is 228 g/mol. The predicted molar refractivity (Wildman–Crippen MR) is 65.4 cm³/mol. The van der Waals surface area contributed by atoms with E-state index in [-0.39, 0.29) is 6.67 Å². The Morgan fingerprint density at radius 3 is 2.75 bits per heavy atom. The first-order valence-corrected chi connectivity index (χ1v) is 6.85. The fourth-order valence-electron chi connectivity index (χ4n) is 3.41. The molecule has 2 rings (SSSR count). The monoisotopic (exact) mass is 228 g/mol. The van der Waals surface area contributed by atoms with Gasteiger partial charge < -0.3 is 5.32 Å². The van der Waals surface area contributed by atoms with Crippen LogP contribution in [0.4, 0.5) is 4.39 Å². The second-order valence-corrected chi connectivity index (χ2v) is 5.47. The van der Waals surface area contributed by atoms with Gasteiger partial charge in [0.15, 0.2) is 0 Å². The maximum atomic E-state index is 12.6. The summed E-state index contributed by atoms with van der Waals surface area (Å²) in [5, 5.41) is 3.75. The fraction of sp³-hybridized carbons (Fsp3) is 1.00. The first kappa shape index (κ1) is 12.3. The molecule has 1 aliphatic carbocycles. The van der Waals surface area contributed by atoms with E-state index in [4.69, 9.17) is 0 Å². The number of piperazine rings is 1. The van der Waals surface area contributed by atoms with E-state index in [1.807, 2.05) is 0 Å². The highest BCUT2D eigenvalue weighted by molar-refractivity contribution is 5.00. The number of halogens is 1. The first-order valence-electron chi connectivity index (χ1n) is 6.85. The van der Waals surface area contributed by atoms with Gasteiger partial charge in [-0.15, -0.1) is 0 Å². The van der Waals surface area contributed by atoms with Crippen LogP contribution in [0.5, 0.6) is 0 Å². The maximum Gasteiger partial charge on any atom is 0.102 e. The summed E-state index contributed by atoms with van der Waals surface area (Å²) >= 11 is 0. The molecule has 1 atom stereocenters. The number of alkyl halides is 1. The van der Waals surface area contributed by atoms with E-state index in [0.29, 0.717) is 18.1 Å². The number of rotatable bonds is 4. The Hall–Kier alpha value is -0.150. The third kappa shape index (κ3) is 2.57. The van der Waals surface area contributed by atoms with Crippen molar-refractivity contribution < 1.29 is 4.39 Å². The number of hydrogen-bond acceptors (Lipinski definition) is 2. The van der Waals surface area contributed by atoms with Gasteiger partial charge in [0.05, 0.1) is 0 Å². The molecular weight excluding hydrogens is 203 g/mol. The molecular formula is C13H25FN2. The number of nitrogens with one attached hydrogen (secondary N) is 1. The number of nitrogens with zero attached hydrogens (tertiary/aromatic N) is 1. The fourth-order valence-corrected chi connectivity index (χ4v) is 3.41. The van der Waals surface area contributed by atoms with E-state index in [1.54, 1.807) is 0 Å². The molecule has 1 saturated heterocycles. The van der Waals surface area contributed by atoms with Crippen LogP contribution in [0.25, 0.3) is 0 Å². The normalized spacial score (nSPS) is 30.0. The smallest absolute Gasteiger partial charge is 0.102 e. The summed E-state index contributed by atoms with van der Waals surface area (Å²) < 4.78 is 12.6. The van der Waals surface area contributed by atoms with Crippen LogP contribution in [-0.2, 0) is 0 Å². The van der Waals surface area contributed by atoms with Crippen LogP contribution in [0, 0.1) is 0 Å². The van der Waals surface area contributed by atoms with Gasteiger partial charge in [-0.2, -0.15) is 0 Å². The average Bonchev–Trinajstić information content (AvgIpc) is 2.72. The zero-order valence-electron chi connectivity index (χ0n) is 10.5. The zero-order chi connectivity index (χ0) is 11.4. The van der Waals surface area contributed by atoms with Crippen molar-refractivity contribution in [2.24, 2.45) is 0 Å². The Bertz CT molecular complexity index is 214. The topological polar surface area (TPSA) is 15.3 Å². The van der Waals surface area contributed by atoms with E-state index >= 15 is 0 Å². The highest BCUT2D eigenvalue weighted by Crippen LogP contribution is 2.33. The van der Waals surface area contributed by atoms with Crippen molar-refractivity contribution in [1.29, 1.82) is 0 Å². The van der Waals surface area contributed by atoms with Crippen molar-refractivity contribution in [1.82, 2.24) is 10.2 Å². The molecule has 2 fully saturated rings. The van der Waals surface area contributed by atoms with Crippen molar-refractivity contribution >= 4 is 0 Å².